The third-order valence-corrected chi connectivity index (χ3v) is 16.1. The summed E-state index contributed by atoms with van der Waals surface area (Å²) in [6.45, 7) is 2.67. The zero-order valence-corrected chi connectivity index (χ0v) is 54.7. The highest BCUT2D eigenvalue weighted by atomic mass is 16.7. The second-order valence-corrected chi connectivity index (χ2v) is 23.9. The highest BCUT2D eigenvalue weighted by Gasteiger charge is 2.51. The van der Waals surface area contributed by atoms with Gasteiger partial charge in [-0.25, -0.2) is 0 Å². The van der Waals surface area contributed by atoms with Crippen LogP contribution in [0.25, 0.3) is 0 Å². The molecule has 88 heavy (non-hydrogen) atoms. The predicted octanol–water partition coefficient (Wildman–Crippen LogP) is 14.1. The van der Waals surface area contributed by atoms with Gasteiger partial charge in [-0.05, 0) is 96.3 Å². The molecule has 0 aromatic rings. The molecule has 2 aliphatic rings. The van der Waals surface area contributed by atoms with Gasteiger partial charge in [0, 0.05) is 6.42 Å². The zero-order chi connectivity index (χ0) is 63.8. The highest BCUT2D eigenvalue weighted by molar-refractivity contribution is 5.76. The maximum Gasteiger partial charge on any atom is 0.220 e. The van der Waals surface area contributed by atoms with Crippen molar-refractivity contribution in [3.8, 4) is 0 Å². The van der Waals surface area contributed by atoms with Crippen LogP contribution >= 0.6 is 0 Å². The molecule has 0 aromatic carbocycles. The topological polar surface area (TPSA) is 228 Å². The minimum atomic E-state index is -1.80. The van der Waals surface area contributed by atoms with Crippen molar-refractivity contribution < 1.29 is 64.6 Å². The Kier molecular flexibility index (Phi) is 52.4. The number of nitrogens with one attached hydrogen (secondary N) is 1. The molecular weight excluding hydrogens is 1110 g/mol. The molecule has 0 saturated carbocycles. The number of aliphatic hydroxyl groups is 8. The monoisotopic (exact) mass is 1240 g/mol. The molecule has 1 amide bonds. The van der Waals surface area contributed by atoms with Crippen molar-refractivity contribution in [1.29, 1.82) is 0 Å². The number of hydrogen-bond donors (Lipinski definition) is 9. The average Bonchev–Trinajstić information content (AvgIpc) is 2.07. The van der Waals surface area contributed by atoms with E-state index in [2.05, 4.69) is 129 Å². The van der Waals surface area contributed by atoms with Crippen molar-refractivity contribution in [2.24, 2.45) is 0 Å². The summed E-state index contributed by atoms with van der Waals surface area (Å²) >= 11 is 0. The van der Waals surface area contributed by atoms with E-state index in [1.54, 1.807) is 6.08 Å². The molecule has 2 aliphatic heterocycles. The first-order valence-corrected chi connectivity index (χ1v) is 34.8. The van der Waals surface area contributed by atoms with Crippen LogP contribution < -0.4 is 5.32 Å². The Morgan fingerprint density at radius 3 is 1.25 bits per heavy atom. The summed E-state index contributed by atoms with van der Waals surface area (Å²) in [6.07, 6.45) is 66.7. The van der Waals surface area contributed by atoms with E-state index in [1.807, 2.05) is 6.08 Å². The number of allylic oxidation sites excluding steroid dienone is 19. The normalized spacial score (nSPS) is 23.9. The van der Waals surface area contributed by atoms with Gasteiger partial charge >= 0.3 is 0 Å². The summed E-state index contributed by atoms with van der Waals surface area (Å²) in [5.41, 5.74) is 0. The largest absolute Gasteiger partial charge is 0.394 e. The fraction of sp³-hybridized carbons (Fsp3) is 0.716. The summed E-state index contributed by atoms with van der Waals surface area (Å²) in [4.78, 5) is 13.3. The molecule has 0 aromatic heterocycles. The average molecular weight is 1240 g/mol. The Balaban J connectivity index is 1.70. The molecule has 2 rings (SSSR count). The van der Waals surface area contributed by atoms with E-state index < -0.39 is 86.8 Å². The number of amides is 1. The lowest BCUT2D eigenvalue weighted by atomic mass is 9.97. The van der Waals surface area contributed by atoms with Crippen LogP contribution in [-0.4, -0.2) is 140 Å². The van der Waals surface area contributed by atoms with Crippen molar-refractivity contribution in [1.82, 2.24) is 5.32 Å². The van der Waals surface area contributed by atoms with Crippen molar-refractivity contribution >= 4 is 5.91 Å². The third kappa shape index (κ3) is 41.0. The lowest BCUT2D eigenvalue weighted by Gasteiger charge is -2.46. The molecule has 12 unspecified atom stereocenters. The molecule has 14 nitrogen and oxygen atoms in total. The predicted molar refractivity (Wildman–Crippen MR) is 359 cm³/mol. The van der Waals surface area contributed by atoms with Crippen LogP contribution in [0.1, 0.15) is 245 Å². The molecule has 14 heteroatoms. The maximum absolute atomic E-state index is 13.3. The molecule has 0 bridgehead atoms. The molecule has 2 fully saturated rings. The first-order valence-electron chi connectivity index (χ1n) is 34.8. The van der Waals surface area contributed by atoms with E-state index >= 15 is 0 Å². The van der Waals surface area contributed by atoms with Gasteiger partial charge < -0.3 is 65.1 Å². The standard InChI is InChI=1S/C74H125NO13/c1-3-5-7-9-11-13-15-17-19-21-23-25-26-27-28-29-30-31-32-33-34-35-36-38-40-42-44-46-48-50-52-54-56-58-66(79)75-62(63(78)57-55-53-51-49-47-45-43-41-39-37-24-22-20-18-16-14-12-10-8-6-4-2)61-85-73-71(84)69(82)72(65(60-77)87-73)88-74-70(83)68(81)67(80)64(59-76)86-74/h5,7,11,13,17,19,23,25,27-28,30-31,33-34,36,38,47,49,55,57,62-65,67-74,76-78,80-84H,3-4,6,8-10,12,14-16,18,20-22,24,26,29,32,35,37,39-46,48,50-54,56,58-61H2,1-2H3,(H,75,79)/b7-5-,13-11-,19-17-,25-23-,28-27-,31-30-,34-33-,38-36-,49-47+,57-55+. The van der Waals surface area contributed by atoms with Crippen LogP contribution in [0.3, 0.4) is 0 Å². The Morgan fingerprint density at radius 2 is 0.795 bits per heavy atom. The quantitative estimate of drug-likeness (QED) is 0.0204. The van der Waals surface area contributed by atoms with Gasteiger partial charge in [0.2, 0.25) is 5.91 Å². The van der Waals surface area contributed by atoms with Gasteiger partial charge in [0.05, 0.1) is 32.0 Å². The fourth-order valence-corrected chi connectivity index (χ4v) is 10.6. The lowest BCUT2D eigenvalue weighted by Crippen LogP contribution is -2.65. The summed E-state index contributed by atoms with van der Waals surface area (Å²) in [5.74, 6) is -0.261. The maximum atomic E-state index is 13.3. The number of aliphatic hydroxyl groups excluding tert-OH is 8. The molecule has 504 valence electrons. The summed E-state index contributed by atoms with van der Waals surface area (Å²) < 4.78 is 22.8. The van der Waals surface area contributed by atoms with Crippen molar-refractivity contribution in [3.63, 3.8) is 0 Å². The molecule has 12 atom stereocenters. The lowest BCUT2D eigenvalue weighted by molar-refractivity contribution is -0.359. The smallest absolute Gasteiger partial charge is 0.220 e. The van der Waals surface area contributed by atoms with Crippen molar-refractivity contribution in [2.75, 3.05) is 19.8 Å². The molecular formula is C74H125NO13. The minimum Gasteiger partial charge on any atom is -0.394 e. The third-order valence-electron chi connectivity index (χ3n) is 16.1. The summed E-state index contributed by atoms with van der Waals surface area (Å²) in [5, 5.41) is 87.4. The minimum absolute atomic E-state index is 0.256. The van der Waals surface area contributed by atoms with Crippen LogP contribution in [0.5, 0.6) is 0 Å². The van der Waals surface area contributed by atoms with E-state index in [1.165, 1.54) is 116 Å². The van der Waals surface area contributed by atoms with Crippen LogP contribution in [0.15, 0.2) is 122 Å². The van der Waals surface area contributed by atoms with Crippen LogP contribution in [0.2, 0.25) is 0 Å². The van der Waals surface area contributed by atoms with Crippen LogP contribution in [0, 0.1) is 0 Å². The number of rotatable bonds is 55. The number of carbonyl (C=O) groups excluding carboxylic acids is 1. The van der Waals surface area contributed by atoms with Gasteiger partial charge in [0.1, 0.15) is 48.8 Å². The summed E-state index contributed by atoms with van der Waals surface area (Å²) in [7, 11) is 0. The summed E-state index contributed by atoms with van der Waals surface area (Å²) in [6, 6.07) is -0.946. The molecule has 0 spiro atoms. The number of ether oxygens (including phenoxy) is 4. The second kappa shape index (κ2) is 57.3. The Labute approximate surface area is 533 Å². The zero-order valence-electron chi connectivity index (χ0n) is 54.7. The number of unbranched alkanes of at least 4 members (excludes halogenated alkanes) is 24. The van der Waals surface area contributed by atoms with E-state index in [0.29, 0.717) is 12.8 Å². The first kappa shape index (κ1) is 80.5. The SMILES string of the molecule is CC/C=C\C/C=C\C/C=C\C/C=C\C/C=C\C/C=C\C/C=C\C/C=C\CCCCCCCCCCC(=O)NC(COC1OC(CO)C(OC2OC(CO)C(O)C(O)C2O)C(O)C1O)C(O)/C=C/CC/C=C/CCCCCCCCCCCCCCCCC. The van der Waals surface area contributed by atoms with Gasteiger partial charge in [-0.3, -0.25) is 4.79 Å². The van der Waals surface area contributed by atoms with E-state index in [0.717, 1.165) is 96.3 Å². The molecule has 2 saturated heterocycles. The van der Waals surface area contributed by atoms with Gasteiger partial charge in [0.25, 0.3) is 0 Å². The Bertz CT molecular complexity index is 1940. The molecule has 0 aliphatic carbocycles. The van der Waals surface area contributed by atoms with Crippen LogP contribution in [0.4, 0.5) is 0 Å². The molecule has 2 heterocycles. The molecule has 9 N–H and O–H groups in total. The molecule has 0 radical (unpaired) electrons. The Hall–Kier alpha value is -3.61. The number of carbonyl (C=O) groups is 1. The van der Waals surface area contributed by atoms with Gasteiger partial charge in [-0.15, -0.1) is 0 Å². The van der Waals surface area contributed by atoms with Crippen LogP contribution in [-0.2, 0) is 23.7 Å². The van der Waals surface area contributed by atoms with Crippen molar-refractivity contribution in [2.45, 2.75) is 319 Å². The number of hydrogen-bond acceptors (Lipinski definition) is 13. The van der Waals surface area contributed by atoms with Crippen molar-refractivity contribution in [3.05, 3.63) is 122 Å². The van der Waals surface area contributed by atoms with E-state index in [4.69, 9.17) is 18.9 Å². The van der Waals surface area contributed by atoms with E-state index in [-0.39, 0.29) is 18.9 Å². The Morgan fingerprint density at radius 1 is 0.420 bits per heavy atom. The van der Waals surface area contributed by atoms with Gasteiger partial charge in [-0.2, -0.15) is 0 Å². The van der Waals surface area contributed by atoms with Gasteiger partial charge in [0.15, 0.2) is 12.6 Å². The highest BCUT2D eigenvalue weighted by Crippen LogP contribution is 2.30. The van der Waals surface area contributed by atoms with E-state index in [9.17, 15) is 45.6 Å². The first-order chi connectivity index (χ1) is 43.1. The second-order valence-electron chi connectivity index (χ2n) is 23.9. The van der Waals surface area contributed by atoms with Gasteiger partial charge in [-0.1, -0.05) is 264 Å². The fourth-order valence-electron chi connectivity index (χ4n) is 10.6.